The SMILES string of the molecule is CC(C)(C)c1cc(C=N[C@@H]2CCCC[C@@H]2N=Cc2ccccc2O)c(O)c(C(C)(C)C)c1. The number of hydrogen-bond acceptors (Lipinski definition) is 4. The van der Waals surface area contributed by atoms with E-state index in [-0.39, 0.29) is 28.7 Å². The third kappa shape index (κ3) is 5.79. The molecule has 2 aromatic carbocycles. The highest BCUT2D eigenvalue weighted by Crippen LogP contribution is 2.37. The van der Waals surface area contributed by atoms with Gasteiger partial charge in [-0.3, -0.25) is 9.98 Å². The van der Waals surface area contributed by atoms with Crippen LogP contribution in [-0.4, -0.2) is 34.7 Å². The van der Waals surface area contributed by atoms with E-state index in [1.807, 2.05) is 24.4 Å². The number of nitrogens with zero attached hydrogens (tertiary/aromatic N) is 2. The third-order valence-corrected chi connectivity index (χ3v) is 6.25. The molecule has 0 amide bonds. The highest BCUT2D eigenvalue weighted by Gasteiger charge is 2.26. The Morgan fingerprint density at radius 1 is 0.781 bits per heavy atom. The zero-order valence-corrected chi connectivity index (χ0v) is 20.4. The number of rotatable bonds is 4. The van der Waals surface area contributed by atoms with Crippen LogP contribution in [0.1, 0.15) is 89.5 Å². The van der Waals surface area contributed by atoms with Crippen LogP contribution >= 0.6 is 0 Å². The molecule has 0 aliphatic heterocycles. The Morgan fingerprint density at radius 3 is 1.88 bits per heavy atom. The van der Waals surface area contributed by atoms with Crippen molar-refractivity contribution in [1.82, 2.24) is 0 Å². The van der Waals surface area contributed by atoms with E-state index in [0.29, 0.717) is 5.75 Å². The van der Waals surface area contributed by atoms with Gasteiger partial charge < -0.3 is 10.2 Å². The maximum Gasteiger partial charge on any atom is 0.128 e. The summed E-state index contributed by atoms with van der Waals surface area (Å²) in [6.07, 6.45) is 7.83. The van der Waals surface area contributed by atoms with Crippen LogP contribution in [0.3, 0.4) is 0 Å². The molecular weight excluding hydrogens is 396 g/mol. The Labute approximate surface area is 193 Å². The van der Waals surface area contributed by atoms with Crippen molar-refractivity contribution >= 4 is 12.4 Å². The summed E-state index contributed by atoms with van der Waals surface area (Å²) in [5.74, 6) is 0.560. The minimum Gasteiger partial charge on any atom is -0.507 e. The number of aromatic hydroxyl groups is 2. The monoisotopic (exact) mass is 434 g/mol. The van der Waals surface area contributed by atoms with Gasteiger partial charge in [-0.1, -0.05) is 72.6 Å². The highest BCUT2D eigenvalue weighted by atomic mass is 16.3. The summed E-state index contributed by atoms with van der Waals surface area (Å²) in [4.78, 5) is 9.70. The zero-order chi connectivity index (χ0) is 23.5. The summed E-state index contributed by atoms with van der Waals surface area (Å²) in [6.45, 7) is 13.0. The molecule has 1 saturated carbocycles. The van der Waals surface area contributed by atoms with Crippen molar-refractivity contribution in [3.05, 3.63) is 58.7 Å². The summed E-state index contributed by atoms with van der Waals surface area (Å²) < 4.78 is 0. The molecule has 2 aromatic rings. The van der Waals surface area contributed by atoms with Crippen molar-refractivity contribution in [3.8, 4) is 11.5 Å². The molecule has 32 heavy (non-hydrogen) atoms. The average molecular weight is 435 g/mol. The predicted octanol–water partition coefficient (Wildman–Crippen LogP) is 6.54. The van der Waals surface area contributed by atoms with Gasteiger partial charge in [-0.25, -0.2) is 0 Å². The first-order valence-corrected chi connectivity index (χ1v) is 11.7. The topological polar surface area (TPSA) is 65.2 Å². The molecule has 2 atom stereocenters. The van der Waals surface area contributed by atoms with Crippen LogP contribution in [0, 0.1) is 0 Å². The van der Waals surface area contributed by atoms with Gasteiger partial charge in [0, 0.05) is 29.1 Å². The second-order valence-electron chi connectivity index (χ2n) is 11.0. The second-order valence-corrected chi connectivity index (χ2v) is 11.0. The fourth-order valence-corrected chi connectivity index (χ4v) is 4.15. The van der Waals surface area contributed by atoms with Crippen LogP contribution in [0.15, 0.2) is 46.4 Å². The molecule has 0 bridgehead atoms. The molecule has 0 aromatic heterocycles. The number of aliphatic imine (C=N–C) groups is 2. The number of benzene rings is 2. The van der Waals surface area contributed by atoms with E-state index in [1.54, 1.807) is 12.3 Å². The van der Waals surface area contributed by atoms with Gasteiger partial charge >= 0.3 is 0 Å². The van der Waals surface area contributed by atoms with Crippen LogP contribution in [0.4, 0.5) is 0 Å². The van der Waals surface area contributed by atoms with Crippen molar-refractivity contribution < 1.29 is 10.2 Å². The van der Waals surface area contributed by atoms with E-state index >= 15 is 0 Å². The van der Waals surface area contributed by atoms with Gasteiger partial charge in [-0.15, -0.1) is 0 Å². The second kappa shape index (κ2) is 9.48. The van der Waals surface area contributed by atoms with E-state index in [1.165, 1.54) is 5.56 Å². The molecule has 2 N–H and O–H groups in total. The van der Waals surface area contributed by atoms with E-state index in [0.717, 1.165) is 42.4 Å². The first-order chi connectivity index (χ1) is 15.0. The van der Waals surface area contributed by atoms with E-state index in [9.17, 15) is 10.2 Å². The lowest BCUT2D eigenvalue weighted by Gasteiger charge is -2.27. The molecule has 172 valence electrons. The minimum atomic E-state index is -0.163. The van der Waals surface area contributed by atoms with Crippen molar-refractivity contribution in [2.45, 2.75) is 90.1 Å². The molecule has 1 fully saturated rings. The number of phenolic OH excluding ortho intramolecular Hbond substituents is 2. The zero-order valence-electron chi connectivity index (χ0n) is 20.4. The Kier molecular flexibility index (Phi) is 7.12. The van der Waals surface area contributed by atoms with Gasteiger partial charge in [0.2, 0.25) is 0 Å². The maximum absolute atomic E-state index is 11.0. The van der Waals surface area contributed by atoms with Gasteiger partial charge in [0.1, 0.15) is 11.5 Å². The summed E-state index contributed by atoms with van der Waals surface area (Å²) in [5.41, 5.74) is 3.46. The van der Waals surface area contributed by atoms with Gasteiger partial charge in [0.25, 0.3) is 0 Å². The maximum atomic E-state index is 11.0. The number of para-hydroxylation sites is 1. The van der Waals surface area contributed by atoms with Crippen LogP contribution in [-0.2, 0) is 10.8 Å². The van der Waals surface area contributed by atoms with Crippen molar-refractivity contribution in [1.29, 1.82) is 0 Å². The smallest absolute Gasteiger partial charge is 0.128 e. The standard InChI is InChI=1S/C28H38N2O2/c1-27(2,3)21-15-20(26(32)22(16-21)28(4,5)6)18-30-24-13-9-8-12-23(24)29-17-19-11-7-10-14-25(19)31/h7,10-11,14-18,23-24,31-32H,8-9,12-13H2,1-6H3/t23-,24+/m0/s1. The molecule has 1 aliphatic rings. The van der Waals surface area contributed by atoms with Crippen LogP contribution in [0.2, 0.25) is 0 Å². The van der Waals surface area contributed by atoms with E-state index in [2.05, 4.69) is 53.7 Å². The molecule has 0 unspecified atom stereocenters. The summed E-state index contributed by atoms with van der Waals surface area (Å²) in [7, 11) is 0. The number of hydrogen-bond donors (Lipinski definition) is 2. The van der Waals surface area contributed by atoms with Crippen molar-refractivity contribution in [3.63, 3.8) is 0 Å². The lowest BCUT2D eigenvalue weighted by Crippen LogP contribution is -2.27. The normalized spacial score (nSPS) is 20.3. The fraction of sp³-hybridized carbons (Fsp3) is 0.500. The van der Waals surface area contributed by atoms with Crippen molar-refractivity contribution in [2.24, 2.45) is 9.98 Å². The Morgan fingerprint density at radius 2 is 1.34 bits per heavy atom. The highest BCUT2D eigenvalue weighted by molar-refractivity contribution is 5.85. The molecular formula is C28H38N2O2. The number of phenols is 2. The lowest BCUT2D eigenvalue weighted by atomic mass is 9.79. The molecule has 0 heterocycles. The first kappa shape index (κ1) is 24.0. The van der Waals surface area contributed by atoms with Gasteiger partial charge in [0.05, 0.1) is 12.1 Å². The van der Waals surface area contributed by atoms with Crippen LogP contribution in [0.25, 0.3) is 0 Å². The molecule has 4 heteroatoms. The fourth-order valence-electron chi connectivity index (χ4n) is 4.15. The van der Waals surface area contributed by atoms with Gasteiger partial charge in [0.15, 0.2) is 0 Å². The average Bonchev–Trinajstić information content (AvgIpc) is 2.71. The largest absolute Gasteiger partial charge is 0.507 e. The summed E-state index contributed by atoms with van der Waals surface area (Å²) in [5, 5.41) is 21.1. The quantitative estimate of drug-likeness (QED) is 0.536. The van der Waals surface area contributed by atoms with Crippen molar-refractivity contribution in [2.75, 3.05) is 0 Å². The first-order valence-electron chi connectivity index (χ1n) is 11.7. The minimum absolute atomic E-state index is 0.0222. The molecule has 3 rings (SSSR count). The molecule has 0 saturated heterocycles. The summed E-state index contributed by atoms with van der Waals surface area (Å²) >= 11 is 0. The predicted molar refractivity (Wildman–Crippen MR) is 135 cm³/mol. The van der Waals surface area contributed by atoms with Gasteiger partial charge in [-0.05, 0) is 47.4 Å². The van der Waals surface area contributed by atoms with Crippen LogP contribution < -0.4 is 0 Å². The lowest BCUT2D eigenvalue weighted by molar-refractivity contribution is 0.390. The van der Waals surface area contributed by atoms with Crippen LogP contribution in [0.5, 0.6) is 11.5 Å². The van der Waals surface area contributed by atoms with E-state index in [4.69, 9.17) is 9.98 Å². The molecule has 0 radical (unpaired) electrons. The molecule has 4 nitrogen and oxygen atoms in total. The van der Waals surface area contributed by atoms with E-state index < -0.39 is 0 Å². The molecule has 1 aliphatic carbocycles. The molecule has 0 spiro atoms. The Hall–Kier alpha value is -2.62. The Balaban J connectivity index is 1.91. The third-order valence-electron chi connectivity index (χ3n) is 6.25. The summed E-state index contributed by atoms with van der Waals surface area (Å²) in [6, 6.07) is 11.6. The Bertz CT molecular complexity index is 993. The van der Waals surface area contributed by atoms with Gasteiger partial charge in [-0.2, -0.15) is 0 Å².